The second-order valence-corrected chi connectivity index (χ2v) is 7.85. The molecule has 0 aliphatic carbocycles. The lowest BCUT2D eigenvalue weighted by Crippen LogP contribution is -2.48. The summed E-state index contributed by atoms with van der Waals surface area (Å²) in [4.78, 5) is 26.3. The van der Waals surface area contributed by atoms with Crippen molar-refractivity contribution in [3.63, 3.8) is 0 Å². The zero-order valence-corrected chi connectivity index (χ0v) is 17.8. The van der Waals surface area contributed by atoms with Gasteiger partial charge >= 0.3 is 12.2 Å². The van der Waals surface area contributed by atoms with E-state index in [1.54, 1.807) is 11.0 Å². The Morgan fingerprint density at radius 1 is 1.24 bits per heavy atom. The summed E-state index contributed by atoms with van der Waals surface area (Å²) in [5, 5.41) is 21.4. The Labute approximate surface area is 189 Å². The molecule has 1 fully saturated rings. The first-order valence-corrected chi connectivity index (χ1v) is 10.5. The van der Waals surface area contributed by atoms with Gasteiger partial charge in [0.25, 0.3) is 0 Å². The van der Waals surface area contributed by atoms with Gasteiger partial charge in [0.15, 0.2) is 0 Å². The van der Waals surface area contributed by atoms with Gasteiger partial charge in [0, 0.05) is 44.2 Å². The number of ether oxygens (including phenoxy) is 2. The van der Waals surface area contributed by atoms with Crippen LogP contribution in [0.25, 0.3) is 0 Å². The van der Waals surface area contributed by atoms with Crippen LogP contribution in [-0.2, 0) is 17.8 Å². The number of benzene rings is 2. The van der Waals surface area contributed by atoms with E-state index in [0.29, 0.717) is 24.5 Å². The fraction of sp³-hybridized carbons (Fsp3) is 0.348. The van der Waals surface area contributed by atoms with Crippen molar-refractivity contribution in [1.29, 1.82) is 5.26 Å². The quantitative estimate of drug-likeness (QED) is 0.730. The summed E-state index contributed by atoms with van der Waals surface area (Å²) < 4.78 is 26.2. The summed E-state index contributed by atoms with van der Waals surface area (Å²) >= 11 is 0. The molecule has 0 bridgehead atoms. The van der Waals surface area contributed by atoms with E-state index in [0.717, 1.165) is 5.56 Å². The normalized spacial score (nSPS) is 17.4. The molecule has 2 N–H and O–H groups in total. The van der Waals surface area contributed by atoms with E-state index in [4.69, 9.17) is 14.6 Å². The number of carbonyl (C=O) groups excluding carboxylic acids is 1. The van der Waals surface area contributed by atoms with E-state index in [2.05, 4.69) is 5.32 Å². The standard InChI is InChI=1S/C23H23FN4O5/c24-21-17-10-16(26-22(29)33-13-15-4-2-1-3-5-15)14-32-20(17)11-19(18(21)12-25)27-6-8-28(9-7-27)23(30)31/h1-5,11,16H,6-10,13-14H2,(H,26,29)(H,30,31)/t16-/m1/s1. The van der Waals surface area contributed by atoms with E-state index in [9.17, 15) is 14.9 Å². The van der Waals surface area contributed by atoms with E-state index in [-0.39, 0.29) is 43.9 Å². The minimum Gasteiger partial charge on any atom is -0.491 e. The van der Waals surface area contributed by atoms with Crippen LogP contribution < -0.4 is 15.0 Å². The maximum atomic E-state index is 15.3. The van der Waals surface area contributed by atoms with Crippen LogP contribution in [0.15, 0.2) is 36.4 Å². The average Bonchev–Trinajstić information content (AvgIpc) is 2.83. The van der Waals surface area contributed by atoms with Crippen molar-refractivity contribution in [3.05, 3.63) is 58.9 Å². The van der Waals surface area contributed by atoms with Crippen molar-refractivity contribution >= 4 is 17.9 Å². The second-order valence-electron chi connectivity index (χ2n) is 7.85. The molecular weight excluding hydrogens is 431 g/mol. The molecule has 0 spiro atoms. The number of carboxylic acid groups (broad SMARTS) is 1. The lowest BCUT2D eigenvalue weighted by Gasteiger charge is -2.36. The van der Waals surface area contributed by atoms with Crippen molar-refractivity contribution in [3.8, 4) is 11.8 Å². The van der Waals surface area contributed by atoms with Gasteiger partial charge in [-0.3, -0.25) is 0 Å². The summed E-state index contributed by atoms with van der Waals surface area (Å²) in [6.07, 6.45) is -1.48. The fourth-order valence-electron chi connectivity index (χ4n) is 3.99. The Morgan fingerprint density at radius 2 is 1.97 bits per heavy atom. The summed E-state index contributed by atoms with van der Waals surface area (Å²) in [5.41, 5.74) is 1.33. The second kappa shape index (κ2) is 9.65. The van der Waals surface area contributed by atoms with Crippen molar-refractivity contribution in [2.75, 3.05) is 37.7 Å². The molecule has 9 nitrogen and oxygen atoms in total. The van der Waals surface area contributed by atoms with E-state index >= 15 is 4.39 Å². The van der Waals surface area contributed by atoms with E-state index in [1.807, 2.05) is 36.4 Å². The summed E-state index contributed by atoms with van der Waals surface area (Å²) in [6.45, 7) is 1.45. The first kappa shape index (κ1) is 22.2. The number of halogens is 1. The topological polar surface area (TPSA) is 115 Å². The number of rotatable bonds is 4. The first-order chi connectivity index (χ1) is 16.0. The summed E-state index contributed by atoms with van der Waals surface area (Å²) in [5.74, 6) is -0.368. The molecule has 2 aromatic rings. The van der Waals surface area contributed by atoms with Crippen LogP contribution in [0.1, 0.15) is 16.7 Å². The molecule has 2 aliphatic heterocycles. The molecule has 172 valence electrons. The molecule has 1 saturated heterocycles. The first-order valence-electron chi connectivity index (χ1n) is 10.5. The number of piperazine rings is 1. The maximum Gasteiger partial charge on any atom is 0.407 e. The van der Waals surface area contributed by atoms with Crippen LogP contribution >= 0.6 is 0 Å². The highest BCUT2D eigenvalue weighted by Crippen LogP contribution is 2.36. The van der Waals surface area contributed by atoms with E-state index < -0.39 is 24.0 Å². The van der Waals surface area contributed by atoms with Gasteiger partial charge in [0.05, 0.1) is 11.7 Å². The molecule has 33 heavy (non-hydrogen) atoms. The SMILES string of the molecule is N#Cc1c(N2CCN(C(=O)O)CC2)cc2c(c1F)C[C@@H](NC(=O)OCc1ccccc1)CO2. The number of hydrogen-bond acceptors (Lipinski definition) is 6. The Hall–Kier alpha value is -4.00. The fourth-order valence-corrected chi connectivity index (χ4v) is 3.99. The highest BCUT2D eigenvalue weighted by atomic mass is 19.1. The van der Waals surface area contributed by atoms with Crippen molar-refractivity contribution < 1.29 is 28.6 Å². The number of carbonyl (C=O) groups is 2. The molecule has 1 atom stereocenters. The van der Waals surface area contributed by atoms with Crippen molar-refractivity contribution in [1.82, 2.24) is 10.2 Å². The van der Waals surface area contributed by atoms with Gasteiger partial charge in [0.2, 0.25) is 0 Å². The molecular formula is C23H23FN4O5. The lowest BCUT2D eigenvalue weighted by atomic mass is 9.97. The highest BCUT2D eigenvalue weighted by Gasteiger charge is 2.30. The predicted octanol–water partition coefficient (Wildman–Crippen LogP) is 2.73. The van der Waals surface area contributed by atoms with Crippen LogP contribution in [0.3, 0.4) is 0 Å². The molecule has 2 aromatic carbocycles. The highest BCUT2D eigenvalue weighted by molar-refractivity contribution is 5.69. The van der Waals surface area contributed by atoms with Crippen molar-refractivity contribution in [2.24, 2.45) is 0 Å². The van der Waals surface area contributed by atoms with Crippen molar-refractivity contribution in [2.45, 2.75) is 19.1 Å². The molecule has 4 rings (SSSR count). The monoisotopic (exact) mass is 454 g/mol. The van der Waals surface area contributed by atoms with Gasteiger partial charge in [-0.1, -0.05) is 30.3 Å². The minimum atomic E-state index is -1.00. The third-order valence-electron chi connectivity index (χ3n) is 5.73. The Balaban J connectivity index is 1.43. The maximum absolute atomic E-state index is 15.3. The molecule has 2 amide bonds. The Bertz CT molecular complexity index is 1080. The lowest BCUT2D eigenvalue weighted by molar-refractivity contribution is 0.128. The molecule has 0 radical (unpaired) electrons. The Kier molecular flexibility index (Phi) is 6.49. The zero-order valence-electron chi connectivity index (χ0n) is 17.8. The Morgan fingerprint density at radius 3 is 2.64 bits per heavy atom. The smallest absolute Gasteiger partial charge is 0.407 e. The number of nitrogens with one attached hydrogen (secondary N) is 1. The largest absolute Gasteiger partial charge is 0.491 e. The van der Waals surface area contributed by atoms with Crippen LogP contribution in [0.4, 0.5) is 19.7 Å². The number of anilines is 1. The molecule has 10 heteroatoms. The summed E-state index contributed by atoms with van der Waals surface area (Å²) in [7, 11) is 0. The third kappa shape index (κ3) is 4.92. The predicted molar refractivity (Wildman–Crippen MR) is 116 cm³/mol. The number of nitriles is 1. The van der Waals surface area contributed by atoms with Gasteiger partial charge in [-0.15, -0.1) is 0 Å². The molecule has 2 heterocycles. The van der Waals surface area contributed by atoms with Gasteiger partial charge < -0.3 is 29.7 Å². The molecule has 2 aliphatic rings. The van der Waals surface area contributed by atoms with Crippen LogP contribution in [0.2, 0.25) is 0 Å². The number of fused-ring (bicyclic) bond motifs is 1. The molecule has 0 aromatic heterocycles. The van der Waals surface area contributed by atoms with Gasteiger partial charge in [0.1, 0.15) is 36.4 Å². The number of nitrogens with zero attached hydrogens (tertiary/aromatic N) is 3. The van der Waals surface area contributed by atoms with Gasteiger partial charge in [-0.2, -0.15) is 5.26 Å². The summed E-state index contributed by atoms with van der Waals surface area (Å²) in [6, 6.07) is 12.3. The minimum absolute atomic E-state index is 0.113. The van der Waals surface area contributed by atoms with Crippen LogP contribution in [0.5, 0.6) is 5.75 Å². The van der Waals surface area contributed by atoms with Gasteiger partial charge in [-0.25, -0.2) is 14.0 Å². The zero-order chi connectivity index (χ0) is 23.4. The third-order valence-corrected chi connectivity index (χ3v) is 5.73. The number of amides is 2. The number of alkyl carbamates (subject to hydrolysis) is 1. The van der Waals surface area contributed by atoms with Crippen LogP contribution in [-0.4, -0.2) is 61.0 Å². The number of hydrogen-bond donors (Lipinski definition) is 2. The average molecular weight is 454 g/mol. The molecule has 0 saturated carbocycles. The molecule has 0 unspecified atom stereocenters. The van der Waals surface area contributed by atoms with E-state index in [1.165, 1.54) is 4.90 Å². The van der Waals surface area contributed by atoms with Crippen LogP contribution in [0, 0.1) is 17.1 Å². The van der Waals surface area contributed by atoms with Gasteiger partial charge in [-0.05, 0) is 5.56 Å².